The fraction of sp³-hybridized carbons (Fsp3) is 0.750. The molecule has 108 valence electrons. The minimum atomic E-state index is -3.49. The SMILES string of the molecule is Cc1nn(C)c(C)c1S(=O)(=O)NCC1(CCN)CC1. The summed E-state index contributed by atoms with van der Waals surface area (Å²) in [7, 11) is -1.74. The Hall–Kier alpha value is -0.920. The quantitative estimate of drug-likeness (QED) is 0.794. The van der Waals surface area contributed by atoms with E-state index in [9.17, 15) is 8.42 Å². The van der Waals surface area contributed by atoms with Gasteiger partial charge in [0.1, 0.15) is 4.90 Å². The Balaban J connectivity index is 2.15. The summed E-state index contributed by atoms with van der Waals surface area (Å²) in [4.78, 5) is 0.304. The van der Waals surface area contributed by atoms with Gasteiger partial charge in [-0.25, -0.2) is 13.1 Å². The molecule has 0 spiro atoms. The topological polar surface area (TPSA) is 90.0 Å². The van der Waals surface area contributed by atoms with Gasteiger partial charge in [-0.2, -0.15) is 5.10 Å². The Morgan fingerprint density at radius 2 is 2.05 bits per heavy atom. The van der Waals surface area contributed by atoms with Crippen molar-refractivity contribution in [3.63, 3.8) is 0 Å². The third-order valence-corrected chi connectivity index (χ3v) is 5.63. The number of nitrogens with one attached hydrogen (secondary N) is 1. The summed E-state index contributed by atoms with van der Waals surface area (Å²) < 4.78 is 29.1. The van der Waals surface area contributed by atoms with E-state index in [1.54, 1.807) is 25.6 Å². The summed E-state index contributed by atoms with van der Waals surface area (Å²) >= 11 is 0. The summed E-state index contributed by atoms with van der Waals surface area (Å²) in [5.74, 6) is 0. The molecule has 0 bridgehead atoms. The molecule has 0 saturated heterocycles. The van der Waals surface area contributed by atoms with E-state index >= 15 is 0 Å². The Morgan fingerprint density at radius 1 is 1.42 bits per heavy atom. The highest BCUT2D eigenvalue weighted by Gasteiger charge is 2.42. The van der Waals surface area contributed by atoms with E-state index in [1.165, 1.54) is 0 Å². The van der Waals surface area contributed by atoms with Crippen molar-refractivity contribution in [1.29, 1.82) is 0 Å². The highest BCUT2D eigenvalue weighted by atomic mass is 32.2. The molecule has 0 atom stereocenters. The fourth-order valence-electron chi connectivity index (χ4n) is 2.46. The number of aryl methyl sites for hydroxylation is 2. The molecule has 1 aliphatic carbocycles. The molecule has 1 fully saturated rings. The minimum Gasteiger partial charge on any atom is -0.330 e. The van der Waals surface area contributed by atoms with Crippen LogP contribution in [0.1, 0.15) is 30.7 Å². The molecule has 0 amide bonds. The number of hydrogen-bond donors (Lipinski definition) is 2. The molecule has 7 heteroatoms. The lowest BCUT2D eigenvalue weighted by Crippen LogP contribution is -2.32. The summed E-state index contributed by atoms with van der Waals surface area (Å²) in [6.45, 7) is 4.56. The molecule has 0 unspecified atom stereocenters. The van der Waals surface area contributed by atoms with Crippen LogP contribution in [0.3, 0.4) is 0 Å². The number of nitrogens with zero attached hydrogens (tertiary/aromatic N) is 2. The molecule has 6 nitrogen and oxygen atoms in total. The smallest absolute Gasteiger partial charge is 0.244 e. The number of nitrogens with two attached hydrogens (primary N) is 1. The average molecular weight is 286 g/mol. The lowest BCUT2D eigenvalue weighted by molar-refractivity contribution is 0.461. The van der Waals surface area contributed by atoms with Crippen molar-refractivity contribution in [3.8, 4) is 0 Å². The second-order valence-corrected chi connectivity index (χ2v) is 7.19. The predicted molar refractivity (Wildman–Crippen MR) is 73.2 cm³/mol. The second-order valence-electron chi connectivity index (χ2n) is 5.49. The predicted octanol–water partition coefficient (Wildman–Crippen LogP) is 0.444. The molecule has 1 aromatic heterocycles. The maximum absolute atomic E-state index is 12.4. The van der Waals surface area contributed by atoms with Crippen LogP contribution in [0.25, 0.3) is 0 Å². The highest BCUT2D eigenvalue weighted by Crippen LogP contribution is 2.48. The molecule has 1 heterocycles. The Labute approximate surface area is 114 Å². The van der Waals surface area contributed by atoms with Gasteiger partial charge in [-0.05, 0) is 45.1 Å². The van der Waals surface area contributed by atoms with Crippen LogP contribution in [-0.2, 0) is 17.1 Å². The van der Waals surface area contributed by atoms with E-state index in [2.05, 4.69) is 9.82 Å². The Bertz CT molecular complexity index is 573. The summed E-state index contributed by atoms with van der Waals surface area (Å²) in [5.41, 5.74) is 6.85. The number of hydrogen-bond acceptors (Lipinski definition) is 4. The molecular formula is C12H22N4O2S. The lowest BCUT2D eigenvalue weighted by Gasteiger charge is -2.15. The first-order valence-corrected chi connectivity index (χ1v) is 8.00. The first-order chi connectivity index (χ1) is 8.81. The minimum absolute atomic E-state index is 0.0891. The number of rotatable bonds is 6. The first kappa shape index (κ1) is 14.5. The van der Waals surface area contributed by atoms with Gasteiger partial charge in [-0.1, -0.05) is 0 Å². The number of aromatic nitrogens is 2. The zero-order valence-electron chi connectivity index (χ0n) is 11.7. The van der Waals surface area contributed by atoms with Crippen molar-refractivity contribution >= 4 is 10.0 Å². The second kappa shape index (κ2) is 4.88. The molecule has 3 N–H and O–H groups in total. The van der Waals surface area contributed by atoms with Crippen LogP contribution in [0.5, 0.6) is 0 Å². The molecule has 19 heavy (non-hydrogen) atoms. The lowest BCUT2D eigenvalue weighted by atomic mass is 10.0. The number of sulfonamides is 1. The normalized spacial score (nSPS) is 17.7. The molecule has 0 aromatic carbocycles. The van der Waals surface area contributed by atoms with Gasteiger partial charge in [0.15, 0.2) is 0 Å². The van der Waals surface area contributed by atoms with E-state index in [1.807, 2.05) is 0 Å². The fourth-order valence-corrected chi connectivity index (χ4v) is 4.05. The molecule has 1 aliphatic rings. The zero-order valence-corrected chi connectivity index (χ0v) is 12.5. The first-order valence-electron chi connectivity index (χ1n) is 6.51. The molecular weight excluding hydrogens is 264 g/mol. The van der Waals surface area contributed by atoms with Crippen molar-refractivity contribution in [2.24, 2.45) is 18.2 Å². The van der Waals surface area contributed by atoms with Crippen LogP contribution in [0.15, 0.2) is 4.90 Å². The van der Waals surface area contributed by atoms with Crippen molar-refractivity contribution in [2.45, 2.75) is 38.0 Å². The van der Waals surface area contributed by atoms with Gasteiger partial charge in [-0.15, -0.1) is 0 Å². The largest absolute Gasteiger partial charge is 0.330 e. The van der Waals surface area contributed by atoms with E-state index in [0.717, 1.165) is 19.3 Å². The van der Waals surface area contributed by atoms with Crippen molar-refractivity contribution in [2.75, 3.05) is 13.1 Å². The van der Waals surface area contributed by atoms with Crippen LogP contribution >= 0.6 is 0 Å². The van der Waals surface area contributed by atoms with Crippen molar-refractivity contribution in [3.05, 3.63) is 11.4 Å². The van der Waals surface area contributed by atoms with Crippen molar-refractivity contribution < 1.29 is 8.42 Å². The van der Waals surface area contributed by atoms with Gasteiger partial charge in [0.05, 0.1) is 11.4 Å². The van der Waals surface area contributed by atoms with E-state index in [4.69, 9.17) is 5.73 Å². The van der Waals surface area contributed by atoms with Gasteiger partial charge in [0.25, 0.3) is 0 Å². The highest BCUT2D eigenvalue weighted by molar-refractivity contribution is 7.89. The van der Waals surface area contributed by atoms with Gasteiger partial charge in [0.2, 0.25) is 10.0 Å². The molecule has 0 radical (unpaired) electrons. The molecule has 0 aliphatic heterocycles. The van der Waals surface area contributed by atoms with Gasteiger partial charge < -0.3 is 5.73 Å². The third kappa shape index (κ3) is 2.82. The molecule has 2 rings (SSSR count). The van der Waals surface area contributed by atoms with Crippen LogP contribution in [0, 0.1) is 19.3 Å². The Morgan fingerprint density at radius 3 is 2.47 bits per heavy atom. The Kier molecular flexibility index (Phi) is 3.72. The zero-order chi connectivity index (χ0) is 14.3. The summed E-state index contributed by atoms with van der Waals surface area (Å²) in [6.07, 6.45) is 2.98. The van der Waals surface area contributed by atoms with Crippen LogP contribution < -0.4 is 10.5 Å². The average Bonchev–Trinajstić information content (AvgIpc) is 3.01. The van der Waals surface area contributed by atoms with Crippen LogP contribution in [0.4, 0.5) is 0 Å². The van der Waals surface area contributed by atoms with Crippen LogP contribution in [-0.4, -0.2) is 31.3 Å². The standard InChI is InChI=1S/C12H22N4O2S/c1-9-11(10(2)16(3)15-9)19(17,18)14-8-12(4-5-12)6-7-13/h14H,4-8,13H2,1-3H3. The third-order valence-electron chi connectivity index (χ3n) is 3.98. The molecule has 1 saturated carbocycles. The van der Waals surface area contributed by atoms with Crippen LogP contribution in [0.2, 0.25) is 0 Å². The molecule has 1 aromatic rings. The van der Waals surface area contributed by atoms with Gasteiger partial charge in [0, 0.05) is 13.6 Å². The maximum atomic E-state index is 12.4. The van der Waals surface area contributed by atoms with Crippen molar-refractivity contribution in [1.82, 2.24) is 14.5 Å². The monoisotopic (exact) mass is 286 g/mol. The van der Waals surface area contributed by atoms with E-state index in [0.29, 0.717) is 29.4 Å². The van der Waals surface area contributed by atoms with Gasteiger partial charge in [-0.3, -0.25) is 4.68 Å². The summed E-state index contributed by atoms with van der Waals surface area (Å²) in [6, 6.07) is 0. The summed E-state index contributed by atoms with van der Waals surface area (Å²) in [5, 5.41) is 4.15. The van der Waals surface area contributed by atoms with E-state index in [-0.39, 0.29) is 5.41 Å². The van der Waals surface area contributed by atoms with E-state index < -0.39 is 10.0 Å². The van der Waals surface area contributed by atoms with Gasteiger partial charge >= 0.3 is 0 Å². The maximum Gasteiger partial charge on any atom is 0.244 e.